The molecule has 1 aromatic heterocycles. The van der Waals surface area contributed by atoms with E-state index in [1.807, 2.05) is 17.2 Å². The van der Waals surface area contributed by atoms with Crippen LogP contribution in [0.4, 0.5) is 0 Å². The Morgan fingerprint density at radius 2 is 2.32 bits per heavy atom. The van der Waals surface area contributed by atoms with E-state index < -0.39 is 0 Å². The average Bonchev–Trinajstić information content (AvgIpc) is 2.83. The third-order valence-electron chi connectivity index (χ3n) is 3.55. The summed E-state index contributed by atoms with van der Waals surface area (Å²) < 4.78 is 0. The summed E-state index contributed by atoms with van der Waals surface area (Å²) in [6.45, 7) is 4.50. The molecule has 2 rings (SSSR count). The van der Waals surface area contributed by atoms with Gasteiger partial charge in [0.2, 0.25) is 11.8 Å². The smallest absolute Gasteiger partial charge is 0.245 e. The lowest BCUT2D eigenvalue weighted by Gasteiger charge is -2.29. The van der Waals surface area contributed by atoms with Crippen LogP contribution in [0.3, 0.4) is 0 Å². The van der Waals surface area contributed by atoms with E-state index >= 15 is 0 Å². The Kier molecular flexibility index (Phi) is 4.58. The van der Waals surface area contributed by atoms with Crippen LogP contribution in [0.25, 0.3) is 0 Å². The minimum absolute atomic E-state index is 0.0227. The third-order valence-corrected chi connectivity index (χ3v) is 4.28. The van der Waals surface area contributed by atoms with Crippen LogP contribution in [0.2, 0.25) is 0 Å². The van der Waals surface area contributed by atoms with Gasteiger partial charge in [-0.2, -0.15) is 11.3 Å². The summed E-state index contributed by atoms with van der Waals surface area (Å²) in [5.74, 6) is 0.0292. The van der Waals surface area contributed by atoms with Crippen LogP contribution in [-0.4, -0.2) is 35.3 Å². The van der Waals surface area contributed by atoms with Gasteiger partial charge in [-0.15, -0.1) is 0 Å². The second-order valence-corrected chi connectivity index (χ2v) is 5.77. The first-order valence-corrected chi connectivity index (χ1v) is 7.67. The van der Waals surface area contributed by atoms with Gasteiger partial charge in [-0.1, -0.05) is 6.92 Å². The van der Waals surface area contributed by atoms with Crippen molar-refractivity contribution in [1.82, 2.24) is 10.2 Å². The van der Waals surface area contributed by atoms with Crippen molar-refractivity contribution in [3.8, 4) is 0 Å². The fourth-order valence-corrected chi connectivity index (χ4v) is 3.12. The lowest BCUT2D eigenvalue weighted by molar-refractivity contribution is -0.135. The molecule has 1 aliphatic heterocycles. The van der Waals surface area contributed by atoms with E-state index in [4.69, 9.17) is 0 Å². The molecule has 0 radical (unpaired) electrons. The highest BCUT2D eigenvalue weighted by Gasteiger charge is 2.31. The summed E-state index contributed by atoms with van der Waals surface area (Å²) >= 11 is 1.67. The fraction of sp³-hybridized carbons (Fsp3) is 0.571. The SMILES string of the molecule is CCC1NC(=O)CCN(C(C)Cc2ccsc2)C1=O. The predicted octanol–water partition coefficient (Wildman–Crippen LogP) is 1.81. The zero-order chi connectivity index (χ0) is 13.8. The summed E-state index contributed by atoms with van der Waals surface area (Å²) in [5.41, 5.74) is 1.25. The summed E-state index contributed by atoms with van der Waals surface area (Å²) in [6, 6.07) is 1.85. The maximum Gasteiger partial charge on any atom is 0.245 e. The van der Waals surface area contributed by atoms with Crippen molar-refractivity contribution in [3.63, 3.8) is 0 Å². The molecule has 1 N–H and O–H groups in total. The third kappa shape index (κ3) is 3.35. The molecule has 4 nitrogen and oxygen atoms in total. The summed E-state index contributed by atoms with van der Waals surface area (Å²) in [6.07, 6.45) is 1.89. The second-order valence-electron chi connectivity index (χ2n) is 4.99. The van der Waals surface area contributed by atoms with E-state index in [1.165, 1.54) is 5.56 Å². The lowest BCUT2D eigenvalue weighted by Crippen LogP contribution is -2.47. The number of amides is 2. The molecule has 1 saturated heterocycles. The van der Waals surface area contributed by atoms with Crippen molar-refractivity contribution in [3.05, 3.63) is 22.4 Å². The molecule has 2 heterocycles. The van der Waals surface area contributed by atoms with Crippen LogP contribution in [0.1, 0.15) is 32.3 Å². The molecule has 2 unspecified atom stereocenters. The van der Waals surface area contributed by atoms with Crippen LogP contribution in [0.5, 0.6) is 0 Å². The van der Waals surface area contributed by atoms with Gasteiger partial charge in [0.05, 0.1) is 0 Å². The maximum absolute atomic E-state index is 12.4. The molecule has 2 amide bonds. The highest BCUT2D eigenvalue weighted by Crippen LogP contribution is 2.16. The van der Waals surface area contributed by atoms with E-state index in [-0.39, 0.29) is 23.9 Å². The molecule has 104 valence electrons. The first-order valence-electron chi connectivity index (χ1n) is 6.72. The molecule has 0 spiro atoms. The molecule has 0 saturated carbocycles. The Morgan fingerprint density at radius 1 is 1.53 bits per heavy atom. The number of hydrogen-bond acceptors (Lipinski definition) is 3. The van der Waals surface area contributed by atoms with Crippen molar-refractivity contribution in [2.75, 3.05) is 6.54 Å². The van der Waals surface area contributed by atoms with E-state index in [2.05, 4.69) is 23.7 Å². The van der Waals surface area contributed by atoms with Gasteiger partial charge in [0.25, 0.3) is 0 Å². The normalized spacial score (nSPS) is 22.0. The number of hydrogen-bond donors (Lipinski definition) is 1. The number of rotatable bonds is 4. The van der Waals surface area contributed by atoms with Crippen LogP contribution < -0.4 is 5.32 Å². The fourth-order valence-electron chi connectivity index (χ4n) is 2.43. The zero-order valence-corrected chi connectivity index (χ0v) is 12.2. The monoisotopic (exact) mass is 280 g/mol. The molecule has 1 aliphatic rings. The Balaban J connectivity index is 2.08. The van der Waals surface area contributed by atoms with Crippen LogP contribution in [-0.2, 0) is 16.0 Å². The van der Waals surface area contributed by atoms with Crippen molar-refractivity contribution in [2.24, 2.45) is 0 Å². The van der Waals surface area contributed by atoms with E-state index in [0.29, 0.717) is 19.4 Å². The van der Waals surface area contributed by atoms with Gasteiger partial charge in [-0.25, -0.2) is 0 Å². The zero-order valence-electron chi connectivity index (χ0n) is 11.4. The standard InChI is InChI=1S/C14H20N2O2S/c1-3-12-14(18)16(6-4-13(17)15-12)10(2)8-11-5-7-19-9-11/h5,7,9-10,12H,3-4,6,8H2,1-2H3,(H,15,17). The first-order chi connectivity index (χ1) is 9.11. The van der Waals surface area contributed by atoms with Crippen LogP contribution >= 0.6 is 11.3 Å². The largest absolute Gasteiger partial charge is 0.344 e. The summed E-state index contributed by atoms with van der Waals surface area (Å²) in [5, 5.41) is 6.95. The lowest BCUT2D eigenvalue weighted by atomic mass is 10.1. The molecular formula is C14H20N2O2S. The van der Waals surface area contributed by atoms with Crippen LogP contribution in [0, 0.1) is 0 Å². The molecule has 5 heteroatoms. The average molecular weight is 280 g/mol. The minimum Gasteiger partial charge on any atom is -0.344 e. The van der Waals surface area contributed by atoms with Gasteiger partial charge in [-0.05, 0) is 42.2 Å². The molecule has 19 heavy (non-hydrogen) atoms. The van der Waals surface area contributed by atoms with E-state index in [1.54, 1.807) is 11.3 Å². The molecule has 0 bridgehead atoms. The molecular weight excluding hydrogens is 260 g/mol. The number of carbonyl (C=O) groups is 2. The Morgan fingerprint density at radius 3 is 2.95 bits per heavy atom. The Hall–Kier alpha value is -1.36. The van der Waals surface area contributed by atoms with Crippen molar-refractivity contribution in [1.29, 1.82) is 0 Å². The Bertz CT molecular complexity index is 444. The number of carbonyl (C=O) groups excluding carboxylic acids is 2. The van der Waals surface area contributed by atoms with Gasteiger partial charge >= 0.3 is 0 Å². The highest BCUT2D eigenvalue weighted by molar-refractivity contribution is 7.07. The minimum atomic E-state index is -0.361. The second kappa shape index (κ2) is 6.19. The van der Waals surface area contributed by atoms with Gasteiger partial charge in [-0.3, -0.25) is 9.59 Å². The topological polar surface area (TPSA) is 49.4 Å². The molecule has 0 aliphatic carbocycles. The van der Waals surface area contributed by atoms with Gasteiger partial charge in [0, 0.05) is 19.0 Å². The predicted molar refractivity (Wildman–Crippen MR) is 76.0 cm³/mol. The van der Waals surface area contributed by atoms with Crippen LogP contribution in [0.15, 0.2) is 16.8 Å². The van der Waals surface area contributed by atoms with Gasteiger partial charge in [0.15, 0.2) is 0 Å². The summed E-state index contributed by atoms with van der Waals surface area (Å²) in [4.78, 5) is 25.9. The molecule has 1 fully saturated rings. The van der Waals surface area contributed by atoms with Crippen molar-refractivity contribution in [2.45, 2.75) is 45.2 Å². The van der Waals surface area contributed by atoms with E-state index in [9.17, 15) is 9.59 Å². The summed E-state index contributed by atoms with van der Waals surface area (Å²) in [7, 11) is 0. The van der Waals surface area contributed by atoms with Crippen molar-refractivity contribution >= 4 is 23.2 Å². The number of nitrogens with one attached hydrogen (secondary N) is 1. The van der Waals surface area contributed by atoms with E-state index in [0.717, 1.165) is 6.42 Å². The van der Waals surface area contributed by atoms with Crippen molar-refractivity contribution < 1.29 is 9.59 Å². The first kappa shape index (κ1) is 14.1. The number of nitrogens with zero attached hydrogens (tertiary/aromatic N) is 1. The maximum atomic E-state index is 12.4. The molecule has 0 aromatic carbocycles. The highest BCUT2D eigenvalue weighted by atomic mass is 32.1. The molecule has 1 aromatic rings. The van der Waals surface area contributed by atoms with Gasteiger partial charge < -0.3 is 10.2 Å². The quantitative estimate of drug-likeness (QED) is 0.914. The van der Waals surface area contributed by atoms with Gasteiger partial charge in [0.1, 0.15) is 6.04 Å². The molecule has 2 atom stereocenters. The Labute approximate surface area is 117 Å². The number of thiophene rings is 1.